The standard InChI is InChI=1S/C15H24N2S/c1-10-6-7-15(11(2)8-10,17-13-4-5-13)14-16-12(3)9-18-14/h9-11,13,17H,4-8H2,1-3H3. The topological polar surface area (TPSA) is 24.9 Å². The number of nitrogens with zero attached hydrogens (tertiary/aromatic N) is 1. The van der Waals surface area contributed by atoms with Gasteiger partial charge in [0.25, 0.3) is 0 Å². The zero-order chi connectivity index (χ0) is 12.8. The van der Waals surface area contributed by atoms with Crippen molar-refractivity contribution in [1.29, 1.82) is 0 Å². The Labute approximate surface area is 114 Å². The highest BCUT2D eigenvalue weighted by Gasteiger charge is 2.46. The highest BCUT2D eigenvalue weighted by atomic mass is 32.1. The lowest BCUT2D eigenvalue weighted by Crippen LogP contribution is -2.51. The van der Waals surface area contributed by atoms with Gasteiger partial charge >= 0.3 is 0 Å². The molecule has 100 valence electrons. The maximum absolute atomic E-state index is 4.82. The lowest BCUT2D eigenvalue weighted by molar-refractivity contribution is 0.119. The van der Waals surface area contributed by atoms with Crippen molar-refractivity contribution in [1.82, 2.24) is 10.3 Å². The van der Waals surface area contributed by atoms with Gasteiger partial charge in [-0.25, -0.2) is 4.98 Å². The number of nitrogens with one attached hydrogen (secondary N) is 1. The molecule has 0 bridgehead atoms. The number of aryl methyl sites for hydroxylation is 1. The highest BCUT2D eigenvalue weighted by Crippen LogP contribution is 2.46. The van der Waals surface area contributed by atoms with Crippen LogP contribution in [0, 0.1) is 18.8 Å². The molecule has 1 N–H and O–H groups in total. The first-order valence-corrected chi connectivity index (χ1v) is 8.18. The number of aromatic nitrogens is 1. The van der Waals surface area contributed by atoms with Gasteiger partial charge in [0.15, 0.2) is 0 Å². The second-order valence-electron chi connectivity index (χ2n) is 6.46. The van der Waals surface area contributed by atoms with Crippen LogP contribution in [-0.2, 0) is 5.54 Å². The molecule has 3 unspecified atom stereocenters. The van der Waals surface area contributed by atoms with E-state index < -0.39 is 0 Å². The van der Waals surface area contributed by atoms with Crippen molar-refractivity contribution in [3.05, 3.63) is 16.1 Å². The fourth-order valence-electron chi connectivity index (χ4n) is 3.39. The molecule has 0 aromatic carbocycles. The molecule has 2 nitrogen and oxygen atoms in total. The van der Waals surface area contributed by atoms with Gasteiger partial charge in [0.05, 0.1) is 5.54 Å². The van der Waals surface area contributed by atoms with Crippen LogP contribution in [0.3, 0.4) is 0 Å². The summed E-state index contributed by atoms with van der Waals surface area (Å²) < 4.78 is 0. The monoisotopic (exact) mass is 264 g/mol. The second-order valence-corrected chi connectivity index (χ2v) is 7.32. The lowest BCUT2D eigenvalue weighted by atomic mass is 9.70. The zero-order valence-electron chi connectivity index (χ0n) is 11.7. The molecule has 3 rings (SSSR count). The van der Waals surface area contributed by atoms with Crippen molar-refractivity contribution in [3.63, 3.8) is 0 Å². The number of rotatable bonds is 3. The van der Waals surface area contributed by atoms with Crippen molar-refractivity contribution in [3.8, 4) is 0 Å². The van der Waals surface area contributed by atoms with Crippen LogP contribution in [0.15, 0.2) is 5.38 Å². The van der Waals surface area contributed by atoms with Gasteiger partial charge in [-0.3, -0.25) is 0 Å². The van der Waals surface area contributed by atoms with Gasteiger partial charge in [0, 0.05) is 17.1 Å². The van der Waals surface area contributed by atoms with E-state index in [0.29, 0.717) is 5.92 Å². The molecule has 18 heavy (non-hydrogen) atoms. The van der Waals surface area contributed by atoms with Crippen molar-refractivity contribution in [2.45, 2.75) is 64.5 Å². The van der Waals surface area contributed by atoms with Crippen LogP contribution < -0.4 is 5.32 Å². The Morgan fingerprint density at radius 1 is 1.33 bits per heavy atom. The Balaban J connectivity index is 1.92. The largest absolute Gasteiger partial charge is 0.302 e. The fourth-order valence-corrected chi connectivity index (χ4v) is 4.49. The van der Waals surface area contributed by atoms with E-state index in [2.05, 4.69) is 31.5 Å². The van der Waals surface area contributed by atoms with E-state index in [1.807, 2.05) is 11.3 Å². The Bertz CT molecular complexity index is 424. The smallest absolute Gasteiger partial charge is 0.113 e. The molecule has 2 saturated carbocycles. The lowest BCUT2D eigenvalue weighted by Gasteiger charge is -2.44. The van der Waals surface area contributed by atoms with E-state index in [1.54, 1.807) is 0 Å². The molecular weight excluding hydrogens is 240 g/mol. The molecule has 2 fully saturated rings. The first-order valence-electron chi connectivity index (χ1n) is 7.30. The average Bonchev–Trinajstić information content (AvgIpc) is 3.03. The summed E-state index contributed by atoms with van der Waals surface area (Å²) in [6.07, 6.45) is 6.64. The molecule has 0 amide bonds. The predicted molar refractivity (Wildman–Crippen MR) is 76.9 cm³/mol. The van der Waals surface area contributed by atoms with Gasteiger partial charge in [-0.05, 0) is 50.9 Å². The van der Waals surface area contributed by atoms with Crippen molar-refractivity contribution in [2.24, 2.45) is 11.8 Å². The Morgan fingerprint density at radius 3 is 2.67 bits per heavy atom. The third-order valence-corrected chi connectivity index (χ3v) is 5.81. The summed E-state index contributed by atoms with van der Waals surface area (Å²) in [6.45, 7) is 6.92. The Kier molecular flexibility index (Phi) is 3.23. The highest BCUT2D eigenvalue weighted by molar-refractivity contribution is 7.09. The number of hydrogen-bond donors (Lipinski definition) is 1. The second kappa shape index (κ2) is 4.61. The van der Waals surface area contributed by atoms with Crippen molar-refractivity contribution in [2.75, 3.05) is 0 Å². The van der Waals surface area contributed by atoms with Crippen LogP contribution in [0.5, 0.6) is 0 Å². The molecule has 2 aliphatic carbocycles. The van der Waals surface area contributed by atoms with Gasteiger partial charge in [0.2, 0.25) is 0 Å². The summed E-state index contributed by atoms with van der Waals surface area (Å²) >= 11 is 1.86. The summed E-state index contributed by atoms with van der Waals surface area (Å²) in [6, 6.07) is 0.755. The van der Waals surface area contributed by atoms with E-state index >= 15 is 0 Å². The van der Waals surface area contributed by atoms with Gasteiger partial charge in [-0.1, -0.05) is 13.8 Å². The predicted octanol–water partition coefficient (Wildman–Crippen LogP) is 3.85. The van der Waals surface area contributed by atoms with Crippen LogP contribution >= 0.6 is 11.3 Å². The molecular formula is C15H24N2S. The van der Waals surface area contributed by atoms with E-state index in [-0.39, 0.29) is 5.54 Å². The summed E-state index contributed by atoms with van der Waals surface area (Å²) in [5, 5.41) is 7.50. The molecule has 3 atom stereocenters. The summed E-state index contributed by atoms with van der Waals surface area (Å²) in [5.74, 6) is 1.57. The third kappa shape index (κ3) is 2.23. The molecule has 1 aromatic heterocycles. The molecule has 2 aliphatic rings. The normalized spacial score (nSPS) is 36.8. The van der Waals surface area contributed by atoms with Gasteiger partial charge in [-0.2, -0.15) is 0 Å². The van der Waals surface area contributed by atoms with Crippen LogP contribution in [0.2, 0.25) is 0 Å². The third-order valence-electron chi connectivity index (χ3n) is 4.67. The summed E-state index contributed by atoms with van der Waals surface area (Å²) in [4.78, 5) is 4.82. The first kappa shape index (κ1) is 12.6. The summed E-state index contributed by atoms with van der Waals surface area (Å²) in [7, 11) is 0. The molecule has 1 aromatic rings. The minimum absolute atomic E-state index is 0.173. The molecule has 0 spiro atoms. The Morgan fingerprint density at radius 2 is 2.11 bits per heavy atom. The maximum atomic E-state index is 4.82. The minimum Gasteiger partial charge on any atom is -0.302 e. The molecule has 3 heteroatoms. The van der Waals surface area contributed by atoms with E-state index in [0.717, 1.165) is 12.0 Å². The van der Waals surface area contributed by atoms with Crippen LogP contribution in [-0.4, -0.2) is 11.0 Å². The van der Waals surface area contributed by atoms with E-state index in [9.17, 15) is 0 Å². The minimum atomic E-state index is 0.173. The zero-order valence-corrected chi connectivity index (χ0v) is 12.5. The average molecular weight is 264 g/mol. The van der Waals surface area contributed by atoms with E-state index in [1.165, 1.54) is 42.8 Å². The Hall–Kier alpha value is -0.410. The number of hydrogen-bond acceptors (Lipinski definition) is 3. The SMILES string of the molecule is Cc1csc(C2(NC3CC3)CCC(C)CC2C)n1. The molecule has 1 heterocycles. The fraction of sp³-hybridized carbons (Fsp3) is 0.800. The van der Waals surface area contributed by atoms with Gasteiger partial charge in [-0.15, -0.1) is 11.3 Å². The molecule has 0 saturated heterocycles. The van der Waals surface area contributed by atoms with Gasteiger partial charge in [0.1, 0.15) is 5.01 Å². The molecule has 0 radical (unpaired) electrons. The summed E-state index contributed by atoms with van der Waals surface area (Å²) in [5.41, 5.74) is 1.35. The van der Waals surface area contributed by atoms with Crippen LogP contribution in [0.25, 0.3) is 0 Å². The molecule has 0 aliphatic heterocycles. The van der Waals surface area contributed by atoms with E-state index in [4.69, 9.17) is 4.98 Å². The first-order chi connectivity index (χ1) is 8.60. The van der Waals surface area contributed by atoms with Crippen molar-refractivity contribution < 1.29 is 0 Å². The van der Waals surface area contributed by atoms with Crippen molar-refractivity contribution >= 4 is 11.3 Å². The van der Waals surface area contributed by atoms with Crippen LogP contribution in [0.1, 0.15) is 56.7 Å². The van der Waals surface area contributed by atoms with Crippen LogP contribution in [0.4, 0.5) is 0 Å². The maximum Gasteiger partial charge on any atom is 0.113 e. The van der Waals surface area contributed by atoms with Gasteiger partial charge < -0.3 is 5.32 Å². The number of thiazole rings is 1. The quantitative estimate of drug-likeness (QED) is 0.897.